The standard InChI is InChI=1S/C20H26N6O2/c27-17-3-1-2-8-25(17)12-18(28)24-9-5-14(6-10-24)26-13-23-16-11-22-20-15(19(16)26)4-7-21-20/h11,13-14H,1-10,12H2,(H,21,22). The van der Waals surface area contributed by atoms with Gasteiger partial charge in [0, 0.05) is 44.2 Å². The first kappa shape index (κ1) is 17.5. The Bertz CT molecular complexity index is 915. The van der Waals surface area contributed by atoms with Crippen LogP contribution in [-0.4, -0.2) is 68.9 Å². The third-order valence-electron chi connectivity index (χ3n) is 6.34. The van der Waals surface area contributed by atoms with E-state index in [0.29, 0.717) is 12.5 Å². The van der Waals surface area contributed by atoms with Crippen LogP contribution < -0.4 is 5.32 Å². The zero-order chi connectivity index (χ0) is 19.1. The van der Waals surface area contributed by atoms with E-state index in [2.05, 4.69) is 19.9 Å². The largest absolute Gasteiger partial charge is 0.369 e. The number of nitrogens with zero attached hydrogens (tertiary/aromatic N) is 5. The Kier molecular flexibility index (Phi) is 4.41. The third-order valence-corrected chi connectivity index (χ3v) is 6.34. The average molecular weight is 382 g/mol. The molecule has 2 saturated heterocycles. The number of piperidine rings is 2. The summed E-state index contributed by atoms with van der Waals surface area (Å²) in [5, 5.41) is 3.34. The first-order valence-corrected chi connectivity index (χ1v) is 10.3. The van der Waals surface area contributed by atoms with Gasteiger partial charge in [-0.25, -0.2) is 9.97 Å². The van der Waals surface area contributed by atoms with Crippen LogP contribution in [-0.2, 0) is 16.0 Å². The molecule has 5 rings (SSSR count). The molecule has 2 amide bonds. The van der Waals surface area contributed by atoms with Crippen molar-refractivity contribution in [3.8, 4) is 0 Å². The Morgan fingerprint density at radius 3 is 2.82 bits per heavy atom. The average Bonchev–Trinajstić information content (AvgIpc) is 3.36. The number of nitrogens with one attached hydrogen (secondary N) is 1. The normalized spacial score (nSPS) is 20.5. The van der Waals surface area contributed by atoms with E-state index in [9.17, 15) is 9.59 Å². The van der Waals surface area contributed by atoms with Crippen molar-refractivity contribution in [1.82, 2.24) is 24.3 Å². The SMILES string of the molecule is O=C(CN1CCCCC1=O)N1CCC(n2cnc3cnc4c(c32)CCN4)CC1. The van der Waals surface area contributed by atoms with E-state index in [4.69, 9.17) is 0 Å². The van der Waals surface area contributed by atoms with Gasteiger partial charge in [0.25, 0.3) is 0 Å². The summed E-state index contributed by atoms with van der Waals surface area (Å²) in [4.78, 5) is 37.3. The molecule has 0 aliphatic carbocycles. The van der Waals surface area contributed by atoms with Crippen LogP contribution in [0.25, 0.3) is 11.0 Å². The second kappa shape index (κ2) is 7.07. The number of rotatable bonds is 3. The van der Waals surface area contributed by atoms with Gasteiger partial charge in [0.1, 0.15) is 11.3 Å². The highest BCUT2D eigenvalue weighted by Gasteiger charge is 2.29. The minimum absolute atomic E-state index is 0.0819. The second-order valence-corrected chi connectivity index (χ2v) is 8.03. The zero-order valence-corrected chi connectivity index (χ0v) is 16.1. The molecular weight excluding hydrogens is 356 g/mol. The Labute approximate surface area is 163 Å². The van der Waals surface area contributed by atoms with Gasteiger partial charge in [0.05, 0.1) is 24.6 Å². The van der Waals surface area contributed by atoms with E-state index in [0.717, 1.165) is 69.6 Å². The minimum Gasteiger partial charge on any atom is -0.369 e. The van der Waals surface area contributed by atoms with Crippen molar-refractivity contribution in [2.45, 2.75) is 44.6 Å². The van der Waals surface area contributed by atoms with Crippen molar-refractivity contribution >= 4 is 28.7 Å². The van der Waals surface area contributed by atoms with Crippen LogP contribution in [0.3, 0.4) is 0 Å². The number of carbonyl (C=O) groups excluding carboxylic acids is 2. The molecule has 5 heterocycles. The molecule has 0 atom stereocenters. The maximum absolute atomic E-state index is 12.7. The van der Waals surface area contributed by atoms with E-state index < -0.39 is 0 Å². The Balaban J connectivity index is 1.26. The molecule has 1 N–H and O–H groups in total. The van der Waals surface area contributed by atoms with Gasteiger partial charge in [-0.05, 0) is 32.1 Å². The molecule has 0 unspecified atom stereocenters. The molecule has 3 aliphatic rings. The van der Waals surface area contributed by atoms with Crippen LogP contribution in [0.5, 0.6) is 0 Å². The van der Waals surface area contributed by atoms with Gasteiger partial charge in [0.2, 0.25) is 11.8 Å². The van der Waals surface area contributed by atoms with E-state index in [1.807, 2.05) is 17.4 Å². The molecule has 8 heteroatoms. The number of aromatic nitrogens is 3. The summed E-state index contributed by atoms with van der Waals surface area (Å²) in [6.07, 6.45) is 9.11. The molecule has 28 heavy (non-hydrogen) atoms. The third kappa shape index (κ3) is 3.00. The lowest BCUT2D eigenvalue weighted by Crippen LogP contribution is -2.47. The monoisotopic (exact) mass is 382 g/mol. The van der Waals surface area contributed by atoms with Crippen LogP contribution in [0.2, 0.25) is 0 Å². The van der Waals surface area contributed by atoms with E-state index in [1.54, 1.807) is 4.90 Å². The molecule has 2 aromatic rings. The summed E-state index contributed by atoms with van der Waals surface area (Å²) in [6.45, 7) is 3.35. The molecule has 0 bridgehead atoms. The van der Waals surface area contributed by atoms with Gasteiger partial charge < -0.3 is 19.7 Å². The summed E-state index contributed by atoms with van der Waals surface area (Å²) in [6, 6.07) is 0.345. The number of carbonyl (C=O) groups is 2. The molecule has 3 aliphatic heterocycles. The van der Waals surface area contributed by atoms with E-state index in [-0.39, 0.29) is 18.4 Å². The van der Waals surface area contributed by atoms with Crippen molar-refractivity contribution in [1.29, 1.82) is 0 Å². The highest BCUT2D eigenvalue weighted by atomic mass is 16.2. The Hall–Kier alpha value is -2.64. The van der Waals surface area contributed by atoms with Crippen LogP contribution in [0.15, 0.2) is 12.5 Å². The fourth-order valence-electron chi connectivity index (χ4n) is 4.75. The summed E-state index contributed by atoms with van der Waals surface area (Å²) in [7, 11) is 0. The lowest BCUT2D eigenvalue weighted by molar-refractivity contribution is -0.142. The number of imidazole rings is 1. The molecule has 0 saturated carbocycles. The molecule has 0 spiro atoms. The molecular formula is C20H26N6O2. The van der Waals surface area contributed by atoms with Crippen molar-refractivity contribution in [2.75, 3.05) is 38.0 Å². The van der Waals surface area contributed by atoms with Crippen molar-refractivity contribution in [3.05, 3.63) is 18.1 Å². The maximum atomic E-state index is 12.7. The first-order chi connectivity index (χ1) is 13.7. The molecule has 2 aromatic heterocycles. The Morgan fingerprint density at radius 1 is 1.14 bits per heavy atom. The van der Waals surface area contributed by atoms with Gasteiger partial charge in [-0.2, -0.15) is 0 Å². The van der Waals surface area contributed by atoms with Crippen molar-refractivity contribution in [3.63, 3.8) is 0 Å². The molecule has 8 nitrogen and oxygen atoms in total. The zero-order valence-electron chi connectivity index (χ0n) is 16.1. The summed E-state index contributed by atoms with van der Waals surface area (Å²) in [5.74, 6) is 1.18. The highest BCUT2D eigenvalue weighted by Crippen LogP contribution is 2.32. The molecule has 0 radical (unpaired) electrons. The predicted molar refractivity (Wildman–Crippen MR) is 105 cm³/mol. The van der Waals surface area contributed by atoms with Crippen molar-refractivity contribution < 1.29 is 9.59 Å². The topological polar surface area (TPSA) is 83.4 Å². The number of fused-ring (bicyclic) bond motifs is 3. The molecule has 0 aromatic carbocycles. The van der Waals surface area contributed by atoms with E-state index in [1.165, 1.54) is 11.1 Å². The summed E-state index contributed by atoms with van der Waals surface area (Å²) >= 11 is 0. The Morgan fingerprint density at radius 2 is 2.00 bits per heavy atom. The van der Waals surface area contributed by atoms with Crippen LogP contribution in [0.1, 0.15) is 43.7 Å². The summed E-state index contributed by atoms with van der Waals surface area (Å²) in [5.41, 5.74) is 3.40. The van der Waals surface area contributed by atoms with Crippen molar-refractivity contribution in [2.24, 2.45) is 0 Å². The molecule has 148 valence electrons. The molecule has 2 fully saturated rings. The maximum Gasteiger partial charge on any atom is 0.242 e. The summed E-state index contributed by atoms with van der Waals surface area (Å²) < 4.78 is 2.29. The van der Waals surface area contributed by atoms with Gasteiger partial charge in [-0.1, -0.05) is 0 Å². The van der Waals surface area contributed by atoms with Gasteiger partial charge in [0.15, 0.2) is 0 Å². The van der Waals surface area contributed by atoms with Crippen LogP contribution >= 0.6 is 0 Å². The fourth-order valence-corrected chi connectivity index (χ4v) is 4.75. The lowest BCUT2D eigenvalue weighted by Gasteiger charge is -2.35. The number of hydrogen-bond donors (Lipinski definition) is 1. The first-order valence-electron chi connectivity index (χ1n) is 10.3. The predicted octanol–water partition coefficient (Wildman–Crippen LogP) is 1.58. The number of amides is 2. The smallest absolute Gasteiger partial charge is 0.242 e. The van der Waals surface area contributed by atoms with Gasteiger partial charge >= 0.3 is 0 Å². The number of anilines is 1. The van der Waals surface area contributed by atoms with Crippen LogP contribution in [0, 0.1) is 0 Å². The van der Waals surface area contributed by atoms with Gasteiger partial charge in [-0.15, -0.1) is 0 Å². The highest BCUT2D eigenvalue weighted by molar-refractivity contribution is 5.85. The number of likely N-dealkylation sites (tertiary alicyclic amines) is 2. The fraction of sp³-hybridized carbons (Fsp3) is 0.600. The van der Waals surface area contributed by atoms with E-state index >= 15 is 0 Å². The lowest BCUT2D eigenvalue weighted by atomic mass is 10.0. The quantitative estimate of drug-likeness (QED) is 0.871. The number of hydrogen-bond acceptors (Lipinski definition) is 5. The van der Waals surface area contributed by atoms with Crippen LogP contribution in [0.4, 0.5) is 5.82 Å². The minimum atomic E-state index is 0.0819. The van der Waals surface area contributed by atoms with Gasteiger partial charge in [-0.3, -0.25) is 9.59 Å². The number of pyridine rings is 1. The second-order valence-electron chi connectivity index (χ2n) is 8.03.